The fourth-order valence-corrected chi connectivity index (χ4v) is 8.42. The number of aromatic nitrogens is 3. The number of fused-ring (bicyclic) bond motifs is 1. The van der Waals surface area contributed by atoms with Crippen molar-refractivity contribution in [2.75, 3.05) is 18.2 Å². The number of carboxylic acids is 1. The van der Waals surface area contributed by atoms with Crippen molar-refractivity contribution in [1.82, 2.24) is 14.5 Å². The van der Waals surface area contributed by atoms with Crippen LogP contribution in [-0.4, -0.2) is 43.9 Å². The molecule has 2 fully saturated rings. The Morgan fingerprint density at radius 1 is 1.04 bits per heavy atom. The number of nitrogens with zero attached hydrogens (tertiary/aromatic N) is 3. The molecule has 1 saturated carbocycles. The summed E-state index contributed by atoms with van der Waals surface area (Å²) in [6.45, 7) is 0. The van der Waals surface area contributed by atoms with Crippen molar-refractivity contribution in [2.45, 2.75) is 36.5 Å². The van der Waals surface area contributed by atoms with Crippen LogP contribution < -0.4 is 14.9 Å². The number of carboxylic acid groups (broad SMARTS) is 1. The second-order valence-corrected chi connectivity index (χ2v) is 13.5. The Kier molecular flexibility index (Phi) is 8.07. The van der Waals surface area contributed by atoms with Gasteiger partial charge in [-0.1, -0.05) is 84.1 Å². The number of carbonyl (C=O) groups is 1. The number of benzene rings is 3. The van der Waals surface area contributed by atoms with Gasteiger partial charge in [-0.15, -0.1) is 11.8 Å². The summed E-state index contributed by atoms with van der Waals surface area (Å²) < 4.78 is 14.1. The summed E-state index contributed by atoms with van der Waals surface area (Å²) in [5.41, 5.74) is 2.24. The number of ether oxygens (including phenoxy) is 2. The van der Waals surface area contributed by atoms with Crippen LogP contribution in [0, 0.1) is 11.8 Å². The van der Waals surface area contributed by atoms with Crippen molar-refractivity contribution in [3.05, 3.63) is 117 Å². The molecule has 1 aliphatic heterocycles. The van der Waals surface area contributed by atoms with Crippen LogP contribution in [0.15, 0.2) is 95.9 Å². The minimum Gasteiger partial charge on any atom is -0.497 e. The molecule has 2 aromatic heterocycles. The average molecular weight is 641 g/mol. The molecule has 9 nitrogen and oxygen atoms in total. The number of hydrogen-bond donors (Lipinski definition) is 2. The van der Waals surface area contributed by atoms with E-state index in [0.29, 0.717) is 28.0 Å². The fourth-order valence-electron chi connectivity index (χ4n) is 6.23. The van der Waals surface area contributed by atoms with E-state index in [1.165, 1.54) is 0 Å². The summed E-state index contributed by atoms with van der Waals surface area (Å²) in [6.07, 6.45) is 3.24. The molecule has 1 aliphatic carbocycles. The number of rotatable bonds is 11. The summed E-state index contributed by atoms with van der Waals surface area (Å²) in [5.74, 6) is 1.09. The van der Waals surface area contributed by atoms with E-state index in [2.05, 4.69) is 29.6 Å². The third-order valence-electron chi connectivity index (χ3n) is 8.56. The predicted octanol–water partition coefficient (Wildman–Crippen LogP) is 6.35. The molecule has 0 radical (unpaired) electrons. The molecule has 0 amide bonds. The number of anilines is 1. The van der Waals surface area contributed by atoms with Crippen molar-refractivity contribution >= 4 is 45.4 Å². The lowest BCUT2D eigenvalue weighted by Crippen LogP contribution is -2.38. The fraction of sp³-hybridized carbons (Fsp3) is 0.294. The molecule has 2 aliphatic rings. The van der Waals surface area contributed by atoms with Crippen molar-refractivity contribution in [2.24, 2.45) is 11.8 Å². The van der Waals surface area contributed by atoms with Crippen molar-refractivity contribution in [3.8, 4) is 5.75 Å². The van der Waals surface area contributed by atoms with Crippen LogP contribution in [0.1, 0.15) is 42.2 Å². The molecule has 0 spiro atoms. The zero-order chi connectivity index (χ0) is 31.0. The van der Waals surface area contributed by atoms with Gasteiger partial charge in [-0.3, -0.25) is 14.2 Å². The molecule has 11 heteroatoms. The van der Waals surface area contributed by atoms with Crippen LogP contribution in [0.5, 0.6) is 5.75 Å². The van der Waals surface area contributed by atoms with Crippen molar-refractivity contribution < 1.29 is 19.4 Å². The van der Waals surface area contributed by atoms with Crippen LogP contribution in [0.2, 0.25) is 0 Å². The normalized spacial score (nSPS) is 19.0. The number of hydrogen-bond acceptors (Lipinski definition) is 9. The summed E-state index contributed by atoms with van der Waals surface area (Å²) in [6, 6.07) is 28.2. The lowest BCUT2D eigenvalue weighted by Gasteiger charge is -2.37. The predicted molar refractivity (Wildman–Crippen MR) is 176 cm³/mol. The first-order chi connectivity index (χ1) is 22.0. The maximum absolute atomic E-state index is 13.3. The first-order valence-electron chi connectivity index (χ1n) is 14.9. The first kappa shape index (κ1) is 29.5. The van der Waals surface area contributed by atoms with Gasteiger partial charge in [0.05, 0.1) is 24.4 Å². The van der Waals surface area contributed by atoms with E-state index >= 15 is 0 Å². The summed E-state index contributed by atoms with van der Waals surface area (Å²) >= 11 is 2.67. The zero-order valence-electron chi connectivity index (χ0n) is 24.5. The Hall–Kier alpha value is -4.19. The van der Waals surface area contributed by atoms with Gasteiger partial charge in [-0.2, -0.15) is 4.98 Å². The van der Waals surface area contributed by atoms with Crippen LogP contribution in [0.25, 0.3) is 10.3 Å². The molecular weight excluding hydrogens is 609 g/mol. The summed E-state index contributed by atoms with van der Waals surface area (Å²) in [4.78, 5) is 34.4. The second-order valence-electron chi connectivity index (χ2n) is 11.3. The zero-order valence-corrected chi connectivity index (χ0v) is 26.2. The van der Waals surface area contributed by atoms with E-state index in [0.717, 1.165) is 46.6 Å². The number of thiazole rings is 1. The average Bonchev–Trinajstić information content (AvgIpc) is 3.71. The largest absolute Gasteiger partial charge is 0.497 e. The third-order valence-corrected chi connectivity index (χ3v) is 10.7. The molecule has 1 saturated heterocycles. The van der Waals surface area contributed by atoms with Crippen LogP contribution >= 0.6 is 23.1 Å². The van der Waals surface area contributed by atoms with E-state index in [1.807, 2.05) is 60.7 Å². The Labute approximate surface area is 268 Å². The molecule has 3 heterocycles. The molecule has 1 unspecified atom stereocenters. The summed E-state index contributed by atoms with van der Waals surface area (Å²) in [5, 5.41) is 13.2. The highest BCUT2D eigenvalue weighted by molar-refractivity contribution is 8.00. The van der Waals surface area contributed by atoms with Gasteiger partial charge in [0.2, 0.25) is 5.95 Å². The molecule has 2 N–H and O–H groups in total. The maximum Gasteiger partial charge on any atom is 0.311 e. The Morgan fingerprint density at radius 3 is 2.29 bits per heavy atom. The van der Waals surface area contributed by atoms with Gasteiger partial charge >= 0.3 is 10.8 Å². The van der Waals surface area contributed by atoms with Gasteiger partial charge in [0.25, 0.3) is 0 Å². The first-order valence-corrected chi connectivity index (χ1v) is 16.7. The molecule has 5 aromatic rings. The quantitative estimate of drug-likeness (QED) is 0.159. The Morgan fingerprint density at radius 2 is 1.69 bits per heavy atom. The topological polar surface area (TPSA) is 116 Å². The molecule has 7 rings (SSSR count). The Balaban J connectivity index is 1.30. The molecule has 230 valence electrons. The Bertz CT molecular complexity index is 1820. The van der Waals surface area contributed by atoms with Gasteiger partial charge in [-0.25, -0.2) is 4.98 Å². The second kappa shape index (κ2) is 12.3. The molecule has 45 heavy (non-hydrogen) atoms. The van der Waals surface area contributed by atoms with Gasteiger partial charge in [0.1, 0.15) is 23.0 Å². The molecule has 3 aromatic carbocycles. The van der Waals surface area contributed by atoms with Gasteiger partial charge in [0, 0.05) is 11.7 Å². The molecule has 3 atom stereocenters. The van der Waals surface area contributed by atoms with E-state index in [9.17, 15) is 14.7 Å². The van der Waals surface area contributed by atoms with Crippen molar-refractivity contribution in [1.29, 1.82) is 0 Å². The highest BCUT2D eigenvalue weighted by Gasteiger charge is 2.43. The van der Waals surface area contributed by atoms with Crippen LogP contribution in [0.4, 0.5) is 5.95 Å². The SMILES string of the molecule is COc1ccc(C(Nc2ncc3sc(=O)n([C@H]4CS[C@@H](C(CC(=O)O)C5CC5)O4)c3n2)(c2ccccc2)c2ccccc2)cc1. The lowest BCUT2D eigenvalue weighted by atomic mass is 9.77. The van der Waals surface area contributed by atoms with Crippen molar-refractivity contribution in [3.63, 3.8) is 0 Å². The maximum atomic E-state index is 13.3. The van der Waals surface area contributed by atoms with E-state index in [-0.39, 0.29) is 22.6 Å². The minimum atomic E-state index is -0.886. The van der Waals surface area contributed by atoms with Crippen LogP contribution in [0.3, 0.4) is 0 Å². The number of nitrogens with one attached hydrogen (secondary N) is 1. The molecule has 0 bridgehead atoms. The highest BCUT2D eigenvalue weighted by atomic mass is 32.2. The minimum absolute atomic E-state index is 0.0665. The highest BCUT2D eigenvalue weighted by Crippen LogP contribution is 2.48. The van der Waals surface area contributed by atoms with E-state index < -0.39 is 17.7 Å². The van der Waals surface area contributed by atoms with E-state index in [4.69, 9.17) is 19.4 Å². The number of aliphatic carboxylic acids is 1. The van der Waals surface area contributed by atoms with Gasteiger partial charge in [-0.05, 0) is 47.6 Å². The monoisotopic (exact) mass is 640 g/mol. The van der Waals surface area contributed by atoms with Gasteiger partial charge in [0.15, 0.2) is 5.65 Å². The van der Waals surface area contributed by atoms with Crippen LogP contribution in [-0.2, 0) is 15.1 Å². The smallest absolute Gasteiger partial charge is 0.311 e. The third kappa shape index (κ3) is 5.71. The van der Waals surface area contributed by atoms with Gasteiger partial charge < -0.3 is 19.9 Å². The number of thioether (sulfide) groups is 1. The standard InChI is InChI=1S/C34H32N4O5S2/c1-42-25-16-14-24(15-17-25)34(22-8-4-2-5-9-22,23-10-6-3-7-11-23)37-32-35-19-27-30(36-32)38(33(41)45-27)28-20-44-31(43-28)26(18-29(39)40)21-12-13-21/h2-11,14-17,19,21,26,28,31H,12-13,18,20H2,1H3,(H,39,40)(H,35,36,37)/t26?,28-,31+/m1/s1. The van der Waals surface area contributed by atoms with E-state index in [1.54, 1.807) is 29.6 Å². The summed E-state index contributed by atoms with van der Waals surface area (Å²) in [7, 11) is 1.64. The lowest BCUT2D eigenvalue weighted by molar-refractivity contribution is -0.139. The molecular formula is C34H32N4O5S2. The number of methoxy groups -OCH3 is 1.